The van der Waals surface area contributed by atoms with Gasteiger partial charge in [-0.1, -0.05) is 27.2 Å². The first-order chi connectivity index (χ1) is 46.5. The van der Waals surface area contributed by atoms with Crippen molar-refractivity contribution in [2.45, 2.75) is 176 Å². The molecule has 0 aromatic carbocycles. The van der Waals surface area contributed by atoms with Crippen LogP contribution in [0, 0.1) is 0 Å². The fourth-order valence-electron chi connectivity index (χ4n) is 10.1. The molecule has 0 aromatic rings. The molecule has 16 atom stereocenters. The molecule has 36 nitrogen and oxygen atoms in total. The normalized spacial score (nSPS) is 27.9. The van der Waals surface area contributed by atoms with E-state index < -0.39 is 169 Å². The van der Waals surface area contributed by atoms with Crippen LogP contribution in [0.25, 0.3) is 0 Å². The van der Waals surface area contributed by atoms with Crippen LogP contribution in [0.4, 0.5) is 0 Å². The van der Waals surface area contributed by atoms with Crippen LogP contribution < -0.4 is 0 Å². The molecule has 8 rings (SSSR count). The number of carboxylic acid groups (broad SMARTS) is 4. The van der Waals surface area contributed by atoms with E-state index in [9.17, 15) is 62.3 Å². The van der Waals surface area contributed by atoms with Crippen molar-refractivity contribution < 1.29 is 174 Å². The third-order valence-corrected chi connectivity index (χ3v) is 14.4. The number of aliphatic hydroxyl groups is 3. The van der Waals surface area contributed by atoms with Gasteiger partial charge >= 0.3 is 71.6 Å². The maximum absolute atomic E-state index is 11.8. The molecule has 0 radical (unpaired) electrons. The van der Waals surface area contributed by atoms with E-state index in [0.29, 0.717) is 25.0 Å². The van der Waals surface area contributed by atoms with Gasteiger partial charge in [0.25, 0.3) is 0 Å². The van der Waals surface area contributed by atoms with E-state index in [0.717, 1.165) is 36.5 Å². The van der Waals surface area contributed by atoms with Crippen molar-refractivity contribution in [2.24, 2.45) is 0 Å². The van der Waals surface area contributed by atoms with Gasteiger partial charge in [-0.15, -0.1) is 0 Å². The predicted octanol–water partition coefficient (Wildman–Crippen LogP) is 1.33. The van der Waals surface area contributed by atoms with Gasteiger partial charge in [0.1, 0.15) is 66.1 Å². The summed E-state index contributed by atoms with van der Waals surface area (Å²) in [5.41, 5.74) is 0. The summed E-state index contributed by atoms with van der Waals surface area (Å²) in [5.74, 6) is -10.4. The second kappa shape index (κ2) is 41.1. The third-order valence-electron chi connectivity index (χ3n) is 14.4. The lowest BCUT2D eigenvalue weighted by Crippen LogP contribution is -2.36. The molecule has 8 fully saturated rings. The fourth-order valence-corrected chi connectivity index (χ4v) is 10.1. The molecule has 36 heteroatoms. The van der Waals surface area contributed by atoms with Gasteiger partial charge in [-0.2, -0.15) is 0 Å². The van der Waals surface area contributed by atoms with Gasteiger partial charge in [0.05, 0.1) is 77.9 Å². The zero-order chi connectivity index (χ0) is 72.2. The quantitative estimate of drug-likeness (QED) is 0.0175. The van der Waals surface area contributed by atoms with E-state index in [1.807, 2.05) is 0 Å². The number of carbonyl (C=O) groups is 13. The Balaban J connectivity index is 0.000000279. The number of esters is 8. The van der Waals surface area contributed by atoms with Gasteiger partial charge in [0.2, 0.25) is 0 Å². The monoisotopic (exact) mass is 1410 g/mol. The van der Waals surface area contributed by atoms with Gasteiger partial charge in [0, 0.05) is 68.6 Å². The number of allylic oxidation sites excluding steroid dienone is 3. The average Bonchev–Trinajstić information content (AvgIpc) is 1.68. The molecular formula is C63H80O36. The molecule has 2 unspecified atom stereocenters. The number of hydrogen-bond donors (Lipinski definition) is 7. The lowest BCUT2D eigenvalue weighted by Gasteiger charge is -2.17. The van der Waals surface area contributed by atoms with Crippen LogP contribution in [0.2, 0.25) is 0 Å². The molecule has 0 aromatic heterocycles. The molecule has 548 valence electrons. The third kappa shape index (κ3) is 28.5. The second-order valence-electron chi connectivity index (χ2n) is 22.2. The van der Waals surface area contributed by atoms with Gasteiger partial charge in [-0.3, -0.25) is 28.8 Å². The van der Waals surface area contributed by atoms with Gasteiger partial charge in [0.15, 0.2) is 48.8 Å². The standard InChI is InChI=1S/C17H24O9.C15H20O9.2C15H16O9.CH4/c1-10(18)4-2-6-14(21)25-11-8-23-17-12(9-24-16(11)17)26-15(22)7-3-5-13(19)20;3*1-8(16)2-4-12(19)23-9-6-21-15-10(7-22-14(9)15)24-13(20)5-3-11(17)18;/h11-12,16-17H,2-9H2,1H3,(H,19,20);9-10,14-16H,1-7H2,(H,17,18);2*2-5,9-10,14-16H,1,6-7H2,(H,17,18);1H4/t11-,12?,16+,17+;9-,10?,14+,15+;9-,10-,14+,15+;9-,10-,14-,15-;/m0001./s1. The molecule has 99 heavy (non-hydrogen) atoms. The lowest BCUT2D eigenvalue weighted by atomic mass is 10.1. The summed E-state index contributed by atoms with van der Waals surface area (Å²) < 4.78 is 85.4. The van der Waals surface area contributed by atoms with E-state index in [-0.39, 0.29) is 135 Å². The summed E-state index contributed by atoms with van der Waals surface area (Å²) in [6.45, 7) is 11.9. The van der Waals surface area contributed by atoms with Gasteiger partial charge < -0.3 is 116 Å². The maximum Gasteiger partial charge on any atom is 0.331 e. The number of carboxylic acids is 4. The molecule has 7 N–H and O–H groups in total. The first-order valence-electron chi connectivity index (χ1n) is 30.2. The zero-order valence-corrected chi connectivity index (χ0v) is 52.7. The zero-order valence-electron chi connectivity index (χ0n) is 52.7. The van der Waals surface area contributed by atoms with E-state index >= 15 is 0 Å². The van der Waals surface area contributed by atoms with E-state index in [2.05, 4.69) is 19.7 Å². The minimum atomic E-state index is -1.27. The Labute approximate surface area is 564 Å². The summed E-state index contributed by atoms with van der Waals surface area (Å²) in [6.07, 6.45) is -2.04. The number of Topliss-reactive ketones (excluding diaryl/α,β-unsaturated/α-hetero) is 1. The highest BCUT2D eigenvalue weighted by Gasteiger charge is 2.54. The Bertz CT molecular complexity index is 2730. The average molecular weight is 1410 g/mol. The summed E-state index contributed by atoms with van der Waals surface area (Å²) in [6, 6.07) is 0. The Kier molecular flexibility index (Phi) is 34.0. The molecule has 8 aliphatic heterocycles. The highest BCUT2D eigenvalue weighted by atomic mass is 16.7. The molecule has 0 aliphatic carbocycles. The smallest absolute Gasteiger partial charge is 0.331 e. The van der Waals surface area contributed by atoms with Crippen molar-refractivity contribution >= 4 is 77.4 Å². The molecule has 8 heterocycles. The topological polar surface area (TPSA) is 511 Å². The van der Waals surface area contributed by atoms with Crippen molar-refractivity contribution in [3.05, 3.63) is 85.6 Å². The van der Waals surface area contributed by atoms with E-state index in [1.54, 1.807) is 0 Å². The van der Waals surface area contributed by atoms with Crippen LogP contribution in [-0.2, 0) is 138 Å². The van der Waals surface area contributed by atoms with Crippen LogP contribution in [0.3, 0.4) is 0 Å². The molecule has 0 saturated carbocycles. The summed E-state index contributed by atoms with van der Waals surface area (Å²) in [5, 5.41) is 60.7. The van der Waals surface area contributed by atoms with Crippen LogP contribution in [0.5, 0.6) is 0 Å². The van der Waals surface area contributed by atoms with Crippen LogP contribution >= 0.6 is 0 Å². The Morgan fingerprint density at radius 1 is 0.313 bits per heavy atom. The maximum atomic E-state index is 11.8. The number of hydrogen-bond acceptors (Lipinski definition) is 32. The number of aliphatic carboxylic acids is 4. The van der Waals surface area contributed by atoms with Crippen LogP contribution in [-0.4, -0.2) is 264 Å². The predicted molar refractivity (Wildman–Crippen MR) is 323 cm³/mol. The molecule has 8 aliphatic rings. The number of ether oxygens (including phenoxy) is 16. The second-order valence-corrected chi connectivity index (χ2v) is 22.2. The Hall–Kier alpha value is -9.43. The number of fused-ring (bicyclic) bond motifs is 4. The highest BCUT2D eigenvalue weighted by Crippen LogP contribution is 2.35. The van der Waals surface area contributed by atoms with Crippen molar-refractivity contribution in [2.75, 3.05) is 52.9 Å². The number of carbonyl (C=O) groups excluding carboxylic acids is 9. The van der Waals surface area contributed by atoms with Crippen LogP contribution in [0.1, 0.15) is 78.6 Å². The van der Waals surface area contributed by atoms with Crippen LogP contribution in [0.15, 0.2) is 85.6 Å². The molecular weight excluding hydrogens is 1330 g/mol. The van der Waals surface area contributed by atoms with Gasteiger partial charge in [-0.05, 0) is 31.9 Å². The number of rotatable bonds is 30. The summed E-state index contributed by atoms with van der Waals surface area (Å²) >= 11 is 0. The number of ketones is 1. The first-order valence-corrected chi connectivity index (χ1v) is 30.2. The Morgan fingerprint density at radius 2 is 0.545 bits per heavy atom. The van der Waals surface area contributed by atoms with Crippen molar-refractivity contribution in [3.8, 4) is 0 Å². The molecule has 0 amide bonds. The van der Waals surface area contributed by atoms with E-state index in [4.69, 9.17) is 112 Å². The van der Waals surface area contributed by atoms with Crippen molar-refractivity contribution in [1.29, 1.82) is 0 Å². The molecule has 8 saturated heterocycles. The highest BCUT2D eigenvalue weighted by molar-refractivity contribution is 5.91. The largest absolute Gasteiger partial charge is 0.513 e. The van der Waals surface area contributed by atoms with Crippen molar-refractivity contribution in [1.82, 2.24) is 0 Å². The lowest BCUT2D eigenvalue weighted by molar-refractivity contribution is -0.157. The molecule has 0 bridgehead atoms. The van der Waals surface area contributed by atoms with Crippen molar-refractivity contribution in [3.63, 3.8) is 0 Å². The molecule has 0 spiro atoms. The minimum absolute atomic E-state index is 0. The number of aliphatic hydroxyl groups excluding tert-OH is 3. The summed E-state index contributed by atoms with van der Waals surface area (Å²) in [7, 11) is 0. The SMILES string of the molecule is C.C=C(O)C=CC(=O)O[C@@H]1CO[C@H]2[C@@H]1OC[C@H]2OC(=O)C=CC(=O)O.C=C(O)C=CC(=O)O[C@H]1CO[C@H]2[C@@H]1OC[C@@H]2OC(=O)C=CC(=O)O.C=C(O)CCC(=O)O[C@H]1CO[C@@H]2C(OC(=O)CCC(=O)O)CO[C@H]12.CC(=O)CCCC(=O)O[C@H]1CO[C@@H]2C(OC(=O)CCCC(=O)O)CO[C@H]12. The first kappa shape index (κ1) is 82.0. The van der Waals surface area contributed by atoms with E-state index in [1.165, 1.54) is 6.92 Å². The van der Waals surface area contributed by atoms with Gasteiger partial charge in [-0.25, -0.2) is 28.8 Å². The fraction of sp³-hybridized carbons (Fsp3) is 0.571. The Morgan fingerprint density at radius 3 is 0.778 bits per heavy atom. The minimum Gasteiger partial charge on any atom is -0.513 e. The summed E-state index contributed by atoms with van der Waals surface area (Å²) in [4.78, 5) is 145.